The van der Waals surface area contributed by atoms with Gasteiger partial charge in [-0.3, -0.25) is 4.79 Å². The predicted octanol–water partition coefficient (Wildman–Crippen LogP) is 2.13. The van der Waals surface area contributed by atoms with Crippen molar-refractivity contribution in [3.8, 4) is 0 Å². The minimum Gasteiger partial charge on any atom is -0.461 e. The van der Waals surface area contributed by atoms with E-state index >= 15 is 0 Å². The van der Waals surface area contributed by atoms with Crippen molar-refractivity contribution in [1.29, 1.82) is 0 Å². The third-order valence-corrected chi connectivity index (χ3v) is 2.69. The van der Waals surface area contributed by atoms with Crippen molar-refractivity contribution >= 4 is 23.4 Å². The Hall–Kier alpha value is -2.83. The summed E-state index contributed by atoms with van der Waals surface area (Å²) in [5.74, 6) is -0.400. The first-order valence-electron chi connectivity index (χ1n) is 6.67. The molecule has 0 fully saturated rings. The average molecular weight is 305 g/mol. The zero-order valence-electron chi connectivity index (χ0n) is 12.3. The molecule has 1 aromatic carbocycles. The lowest BCUT2D eigenvalue weighted by Crippen LogP contribution is -2.30. The van der Waals surface area contributed by atoms with Crippen LogP contribution in [0.25, 0.3) is 0 Å². The Balaban J connectivity index is 2.36. The predicted molar refractivity (Wildman–Crippen MR) is 83.2 cm³/mol. The Morgan fingerprint density at radius 2 is 2.05 bits per heavy atom. The number of rotatable bonds is 7. The van der Waals surface area contributed by atoms with Crippen LogP contribution in [0.5, 0.6) is 0 Å². The maximum Gasteiger partial charge on any atom is 0.319 e. The number of carbonyl (C=O) groups is 2. The molecular formula is C15H19N3O4. The second-order valence-corrected chi connectivity index (χ2v) is 4.37. The average Bonchev–Trinajstić information content (AvgIpc) is 2.52. The van der Waals surface area contributed by atoms with Gasteiger partial charge in [0.05, 0.1) is 12.1 Å². The number of amides is 2. The lowest BCUT2D eigenvalue weighted by molar-refractivity contribution is -0.142. The van der Waals surface area contributed by atoms with Gasteiger partial charge in [-0.15, -0.1) is 0 Å². The summed E-state index contributed by atoms with van der Waals surface area (Å²) in [4.78, 5) is 22.8. The molecule has 2 amide bonds. The van der Waals surface area contributed by atoms with E-state index in [1.54, 1.807) is 31.2 Å². The van der Waals surface area contributed by atoms with Crippen LogP contribution in [0.1, 0.15) is 18.9 Å². The van der Waals surface area contributed by atoms with E-state index in [2.05, 4.69) is 22.4 Å². The number of nitrogens with zero attached hydrogens (tertiary/aromatic N) is 1. The van der Waals surface area contributed by atoms with Gasteiger partial charge in [0.2, 0.25) is 0 Å². The Labute approximate surface area is 128 Å². The smallest absolute Gasteiger partial charge is 0.319 e. The van der Waals surface area contributed by atoms with Crippen molar-refractivity contribution in [3.05, 3.63) is 42.5 Å². The highest BCUT2D eigenvalue weighted by molar-refractivity contribution is 5.99. The van der Waals surface area contributed by atoms with E-state index in [-0.39, 0.29) is 19.6 Å². The summed E-state index contributed by atoms with van der Waals surface area (Å²) in [6.45, 7) is 5.44. The molecule has 0 aromatic heterocycles. The van der Waals surface area contributed by atoms with Crippen LogP contribution in [0, 0.1) is 0 Å². The first-order chi connectivity index (χ1) is 10.6. The second-order valence-electron chi connectivity index (χ2n) is 4.37. The highest BCUT2D eigenvalue weighted by atomic mass is 16.5. The van der Waals surface area contributed by atoms with E-state index in [0.29, 0.717) is 11.4 Å². The van der Waals surface area contributed by atoms with Crippen molar-refractivity contribution in [2.45, 2.75) is 13.3 Å². The van der Waals surface area contributed by atoms with E-state index in [4.69, 9.17) is 9.94 Å². The molecule has 7 nitrogen and oxygen atoms in total. The van der Waals surface area contributed by atoms with Gasteiger partial charge >= 0.3 is 12.0 Å². The Morgan fingerprint density at radius 3 is 2.64 bits per heavy atom. The molecule has 0 bridgehead atoms. The molecule has 1 rings (SSSR count). The maximum atomic E-state index is 11.6. The monoisotopic (exact) mass is 305 g/mol. The van der Waals surface area contributed by atoms with Gasteiger partial charge in [-0.05, 0) is 24.6 Å². The lowest BCUT2D eigenvalue weighted by atomic mass is 10.1. The van der Waals surface area contributed by atoms with Crippen molar-refractivity contribution in [2.24, 2.45) is 5.16 Å². The summed E-state index contributed by atoms with van der Waals surface area (Å²) in [5.41, 5.74) is 1.81. The molecule has 0 saturated carbocycles. The molecule has 3 N–H and O–H groups in total. The third-order valence-electron chi connectivity index (χ3n) is 2.69. The number of hydrogen-bond donors (Lipinski definition) is 3. The quantitative estimate of drug-likeness (QED) is 0.236. The number of benzene rings is 1. The number of anilines is 1. The standard InChI is InChI=1S/C15H19N3O4/c1-3-10-22-14(19)8-9-16-15(20)17-13-6-4-12(5-7-13)11(2)18-21/h3-7,21H,1,8-10H2,2H3,(H2,16,17,20). The minimum atomic E-state index is -0.420. The molecule has 0 aliphatic rings. The first-order valence-corrected chi connectivity index (χ1v) is 6.67. The Morgan fingerprint density at radius 1 is 1.36 bits per heavy atom. The summed E-state index contributed by atoms with van der Waals surface area (Å²) in [5, 5.41) is 16.9. The summed E-state index contributed by atoms with van der Waals surface area (Å²) in [6.07, 6.45) is 1.57. The normalized spacial score (nSPS) is 10.7. The van der Waals surface area contributed by atoms with Gasteiger partial charge in [0.1, 0.15) is 6.61 Å². The molecule has 22 heavy (non-hydrogen) atoms. The molecule has 0 atom stereocenters. The Kier molecular flexibility index (Phi) is 7.18. The number of nitrogens with one attached hydrogen (secondary N) is 2. The number of esters is 1. The number of ether oxygens (including phenoxy) is 1. The number of carbonyl (C=O) groups excluding carboxylic acids is 2. The van der Waals surface area contributed by atoms with E-state index in [1.165, 1.54) is 6.08 Å². The van der Waals surface area contributed by atoms with Crippen LogP contribution in [0.3, 0.4) is 0 Å². The van der Waals surface area contributed by atoms with Crippen LogP contribution in [-0.2, 0) is 9.53 Å². The van der Waals surface area contributed by atoms with Gasteiger partial charge < -0.3 is 20.6 Å². The number of hydrogen-bond acceptors (Lipinski definition) is 5. The van der Waals surface area contributed by atoms with Crippen LogP contribution in [0.15, 0.2) is 42.1 Å². The van der Waals surface area contributed by atoms with E-state index in [9.17, 15) is 9.59 Å². The zero-order chi connectivity index (χ0) is 16.4. The van der Waals surface area contributed by atoms with E-state index in [0.717, 1.165) is 5.56 Å². The fourth-order valence-corrected chi connectivity index (χ4v) is 1.53. The number of urea groups is 1. The molecule has 0 aliphatic carbocycles. The summed E-state index contributed by atoms with van der Waals surface area (Å²) >= 11 is 0. The van der Waals surface area contributed by atoms with Crippen LogP contribution in [0.4, 0.5) is 10.5 Å². The van der Waals surface area contributed by atoms with Crippen molar-refractivity contribution < 1.29 is 19.5 Å². The first kappa shape index (κ1) is 17.2. The molecule has 0 spiro atoms. The fraction of sp³-hybridized carbons (Fsp3) is 0.267. The van der Waals surface area contributed by atoms with Gasteiger partial charge in [0.15, 0.2) is 0 Å². The minimum absolute atomic E-state index is 0.0896. The van der Waals surface area contributed by atoms with Crippen LogP contribution in [0.2, 0.25) is 0 Å². The van der Waals surface area contributed by atoms with Gasteiger partial charge in [-0.2, -0.15) is 0 Å². The molecule has 0 saturated heterocycles. The SMILES string of the molecule is C=CCOC(=O)CCNC(=O)Nc1ccc(C(C)=NO)cc1. The van der Waals surface area contributed by atoms with Crippen LogP contribution >= 0.6 is 0 Å². The van der Waals surface area contributed by atoms with Gasteiger partial charge in [0.25, 0.3) is 0 Å². The topological polar surface area (TPSA) is 100 Å². The van der Waals surface area contributed by atoms with E-state index < -0.39 is 12.0 Å². The van der Waals surface area contributed by atoms with Gasteiger partial charge in [0, 0.05) is 12.2 Å². The highest BCUT2D eigenvalue weighted by Crippen LogP contribution is 2.10. The maximum absolute atomic E-state index is 11.6. The molecule has 0 radical (unpaired) electrons. The lowest BCUT2D eigenvalue weighted by Gasteiger charge is -2.08. The van der Waals surface area contributed by atoms with Gasteiger partial charge in [-0.25, -0.2) is 4.79 Å². The van der Waals surface area contributed by atoms with E-state index in [1.807, 2.05) is 0 Å². The second kappa shape index (κ2) is 9.17. The highest BCUT2D eigenvalue weighted by Gasteiger charge is 2.05. The molecule has 118 valence electrons. The molecule has 7 heteroatoms. The third kappa shape index (κ3) is 6.08. The number of oxime groups is 1. The summed E-state index contributed by atoms with van der Waals surface area (Å²) < 4.78 is 4.78. The van der Waals surface area contributed by atoms with Gasteiger partial charge in [-0.1, -0.05) is 29.9 Å². The zero-order valence-corrected chi connectivity index (χ0v) is 12.3. The van der Waals surface area contributed by atoms with Crippen LogP contribution < -0.4 is 10.6 Å². The molecular weight excluding hydrogens is 286 g/mol. The fourth-order valence-electron chi connectivity index (χ4n) is 1.53. The molecule has 1 aromatic rings. The van der Waals surface area contributed by atoms with Crippen molar-refractivity contribution in [3.63, 3.8) is 0 Å². The summed E-state index contributed by atoms with van der Waals surface area (Å²) in [6, 6.07) is 6.38. The Bertz CT molecular complexity index is 552. The molecule has 0 heterocycles. The molecule has 0 unspecified atom stereocenters. The summed E-state index contributed by atoms with van der Waals surface area (Å²) in [7, 11) is 0. The molecule has 0 aliphatic heterocycles. The largest absolute Gasteiger partial charge is 0.461 e. The van der Waals surface area contributed by atoms with Crippen LogP contribution in [-0.4, -0.2) is 36.1 Å². The van der Waals surface area contributed by atoms with Crippen molar-refractivity contribution in [1.82, 2.24) is 5.32 Å². The van der Waals surface area contributed by atoms with Crippen molar-refractivity contribution in [2.75, 3.05) is 18.5 Å².